The summed E-state index contributed by atoms with van der Waals surface area (Å²) in [6, 6.07) is 11.1. The zero-order chi connectivity index (χ0) is 21.1. The van der Waals surface area contributed by atoms with Gasteiger partial charge in [-0.1, -0.05) is 19.9 Å². The van der Waals surface area contributed by atoms with Gasteiger partial charge in [-0.05, 0) is 54.8 Å². The van der Waals surface area contributed by atoms with Crippen LogP contribution in [0.2, 0.25) is 0 Å². The third-order valence-corrected chi connectivity index (χ3v) is 4.72. The number of rotatable bonds is 5. The molecule has 0 radical (unpaired) electrons. The summed E-state index contributed by atoms with van der Waals surface area (Å²) in [4.78, 5) is 25.0. The fourth-order valence-corrected chi connectivity index (χ4v) is 3.22. The highest BCUT2D eigenvalue weighted by atomic mass is 19.1. The second kappa shape index (κ2) is 8.26. The Hall–Kier alpha value is -3.48. The molecule has 0 aliphatic rings. The highest BCUT2D eigenvalue weighted by Gasteiger charge is 2.22. The number of aromatic nitrogens is 2. The van der Waals surface area contributed by atoms with Gasteiger partial charge < -0.3 is 10.6 Å². The number of benzene rings is 2. The summed E-state index contributed by atoms with van der Waals surface area (Å²) in [5.74, 6) is -0.872. The van der Waals surface area contributed by atoms with Crippen molar-refractivity contribution in [3.63, 3.8) is 0 Å². The summed E-state index contributed by atoms with van der Waals surface area (Å²) < 4.78 is 14.9. The standard InChI is InChI=1S/C22H23FN4O2/c1-13(2)20-18(12-25-27(20)16-10-8-15(23)9-11-16)22(29)26-19-7-5-6-17(14(19)3)21(28)24-4/h5-13H,1-4H3,(H,24,28)(H,26,29). The number of halogens is 1. The topological polar surface area (TPSA) is 76.0 Å². The van der Waals surface area contributed by atoms with Crippen LogP contribution in [0.15, 0.2) is 48.7 Å². The maximum absolute atomic E-state index is 13.3. The molecular formula is C22H23FN4O2. The van der Waals surface area contributed by atoms with Gasteiger partial charge in [0.2, 0.25) is 0 Å². The highest BCUT2D eigenvalue weighted by molar-refractivity contribution is 6.06. The first kappa shape index (κ1) is 20.3. The lowest BCUT2D eigenvalue weighted by Crippen LogP contribution is -2.20. The van der Waals surface area contributed by atoms with Crippen LogP contribution >= 0.6 is 0 Å². The Morgan fingerprint density at radius 1 is 1.03 bits per heavy atom. The van der Waals surface area contributed by atoms with Crippen LogP contribution in [0.4, 0.5) is 10.1 Å². The summed E-state index contributed by atoms with van der Waals surface area (Å²) >= 11 is 0. The van der Waals surface area contributed by atoms with Crippen LogP contribution in [-0.4, -0.2) is 28.6 Å². The van der Waals surface area contributed by atoms with Gasteiger partial charge in [0, 0.05) is 18.3 Å². The van der Waals surface area contributed by atoms with E-state index in [-0.39, 0.29) is 23.5 Å². The van der Waals surface area contributed by atoms with Crippen LogP contribution in [0.1, 0.15) is 51.7 Å². The SMILES string of the molecule is CNC(=O)c1cccc(NC(=O)c2cnn(-c3ccc(F)cc3)c2C(C)C)c1C. The van der Waals surface area contributed by atoms with Crippen molar-refractivity contribution in [2.24, 2.45) is 0 Å². The average molecular weight is 394 g/mol. The predicted molar refractivity (Wildman–Crippen MR) is 110 cm³/mol. The molecule has 0 atom stereocenters. The molecule has 0 saturated carbocycles. The zero-order valence-corrected chi connectivity index (χ0v) is 16.8. The van der Waals surface area contributed by atoms with Crippen LogP contribution in [0.3, 0.4) is 0 Å². The molecule has 7 heteroatoms. The lowest BCUT2D eigenvalue weighted by molar-refractivity contribution is 0.0960. The largest absolute Gasteiger partial charge is 0.355 e. The Morgan fingerprint density at radius 2 is 1.72 bits per heavy atom. The highest BCUT2D eigenvalue weighted by Crippen LogP contribution is 2.25. The lowest BCUT2D eigenvalue weighted by atomic mass is 10.0. The van der Waals surface area contributed by atoms with Gasteiger partial charge in [-0.25, -0.2) is 9.07 Å². The first-order valence-electron chi connectivity index (χ1n) is 9.30. The van der Waals surface area contributed by atoms with Crippen LogP contribution in [0.5, 0.6) is 0 Å². The Kier molecular flexibility index (Phi) is 5.77. The van der Waals surface area contributed by atoms with E-state index in [2.05, 4.69) is 15.7 Å². The molecule has 6 nitrogen and oxygen atoms in total. The fraction of sp³-hybridized carbons (Fsp3) is 0.227. The molecule has 3 rings (SSSR count). The van der Waals surface area contributed by atoms with E-state index in [0.29, 0.717) is 33.8 Å². The van der Waals surface area contributed by atoms with Crippen molar-refractivity contribution in [3.8, 4) is 5.69 Å². The van der Waals surface area contributed by atoms with Gasteiger partial charge in [0.25, 0.3) is 11.8 Å². The van der Waals surface area contributed by atoms with E-state index in [0.717, 1.165) is 0 Å². The van der Waals surface area contributed by atoms with Gasteiger partial charge in [-0.2, -0.15) is 5.10 Å². The molecule has 3 aromatic rings. The molecular weight excluding hydrogens is 371 g/mol. The van der Waals surface area contributed by atoms with Gasteiger partial charge in [-0.15, -0.1) is 0 Å². The maximum atomic E-state index is 13.3. The minimum atomic E-state index is -0.337. The van der Waals surface area contributed by atoms with Crippen molar-refractivity contribution in [3.05, 3.63) is 76.9 Å². The van der Waals surface area contributed by atoms with Gasteiger partial charge >= 0.3 is 0 Å². The van der Waals surface area contributed by atoms with E-state index in [1.807, 2.05) is 13.8 Å². The molecule has 2 N–H and O–H groups in total. The number of anilines is 1. The first-order chi connectivity index (χ1) is 13.8. The molecule has 0 fully saturated rings. The Balaban J connectivity index is 1.97. The van der Waals surface area contributed by atoms with E-state index in [4.69, 9.17) is 0 Å². The third-order valence-electron chi connectivity index (χ3n) is 4.72. The summed E-state index contributed by atoms with van der Waals surface area (Å²) in [7, 11) is 1.56. The summed E-state index contributed by atoms with van der Waals surface area (Å²) in [6.45, 7) is 5.71. The van der Waals surface area contributed by atoms with Gasteiger partial charge in [0.05, 0.1) is 23.1 Å². The van der Waals surface area contributed by atoms with E-state index >= 15 is 0 Å². The number of hydrogen-bond donors (Lipinski definition) is 2. The molecule has 0 aliphatic heterocycles. The Morgan fingerprint density at radius 3 is 2.34 bits per heavy atom. The molecule has 150 valence electrons. The van der Waals surface area contributed by atoms with Gasteiger partial charge in [0.1, 0.15) is 5.82 Å². The predicted octanol–water partition coefficient (Wildman–Crippen LogP) is 4.06. The fourth-order valence-electron chi connectivity index (χ4n) is 3.22. The minimum absolute atomic E-state index is 0.00148. The van der Waals surface area contributed by atoms with Crippen molar-refractivity contribution in [1.82, 2.24) is 15.1 Å². The minimum Gasteiger partial charge on any atom is -0.355 e. The van der Waals surface area contributed by atoms with E-state index in [1.165, 1.54) is 18.3 Å². The Bertz CT molecular complexity index is 1060. The molecule has 29 heavy (non-hydrogen) atoms. The molecule has 0 aliphatic carbocycles. The van der Waals surface area contributed by atoms with Crippen molar-refractivity contribution in [2.45, 2.75) is 26.7 Å². The number of hydrogen-bond acceptors (Lipinski definition) is 3. The number of nitrogens with zero attached hydrogens (tertiary/aromatic N) is 2. The van der Waals surface area contributed by atoms with E-state index < -0.39 is 0 Å². The number of nitrogens with one attached hydrogen (secondary N) is 2. The van der Waals surface area contributed by atoms with E-state index in [1.54, 1.807) is 49.0 Å². The van der Waals surface area contributed by atoms with Crippen LogP contribution < -0.4 is 10.6 Å². The smallest absolute Gasteiger partial charge is 0.259 e. The second-order valence-electron chi connectivity index (χ2n) is 7.00. The normalized spacial score (nSPS) is 10.8. The van der Waals surface area contributed by atoms with Crippen molar-refractivity contribution < 1.29 is 14.0 Å². The molecule has 2 amide bonds. The molecule has 2 aromatic carbocycles. The summed E-state index contributed by atoms with van der Waals surface area (Å²) in [5, 5.41) is 9.83. The first-order valence-corrected chi connectivity index (χ1v) is 9.30. The molecule has 0 spiro atoms. The number of amides is 2. The van der Waals surface area contributed by atoms with Crippen LogP contribution in [-0.2, 0) is 0 Å². The van der Waals surface area contributed by atoms with Crippen molar-refractivity contribution in [1.29, 1.82) is 0 Å². The Labute approximate surface area is 168 Å². The van der Waals surface area contributed by atoms with Gasteiger partial charge in [0.15, 0.2) is 0 Å². The third kappa shape index (κ3) is 4.03. The number of carbonyl (C=O) groups is 2. The second-order valence-corrected chi connectivity index (χ2v) is 7.00. The molecule has 0 saturated heterocycles. The molecule has 1 heterocycles. The van der Waals surface area contributed by atoms with Crippen LogP contribution in [0.25, 0.3) is 5.69 Å². The molecule has 0 bridgehead atoms. The zero-order valence-electron chi connectivity index (χ0n) is 16.8. The van der Waals surface area contributed by atoms with E-state index in [9.17, 15) is 14.0 Å². The lowest BCUT2D eigenvalue weighted by Gasteiger charge is -2.14. The van der Waals surface area contributed by atoms with Crippen molar-refractivity contribution in [2.75, 3.05) is 12.4 Å². The quantitative estimate of drug-likeness (QED) is 0.685. The average Bonchev–Trinajstić information content (AvgIpc) is 3.15. The number of carbonyl (C=O) groups excluding carboxylic acids is 2. The molecule has 1 aromatic heterocycles. The van der Waals surface area contributed by atoms with Crippen LogP contribution in [0, 0.1) is 12.7 Å². The van der Waals surface area contributed by atoms with Crippen molar-refractivity contribution >= 4 is 17.5 Å². The molecule has 0 unspecified atom stereocenters. The maximum Gasteiger partial charge on any atom is 0.259 e. The summed E-state index contributed by atoms with van der Waals surface area (Å²) in [5.41, 5.74) is 3.55. The van der Waals surface area contributed by atoms with Gasteiger partial charge in [-0.3, -0.25) is 9.59 Å². The summed E-state index contributed by atoms with van der Waals surface area (Å²) in [6.07, 6.45) is 1.51. The monoisotopic (exact) mass is 394 g/mol.